The molecule has 1 saturated carbocycles. The van der Waals surface area contributed by atoms with Crippen LogP contribution in [0.5, 0.6) is 0 Å². The maximum Gasteiger partial charge on any atom is 0.225 e. The molecule has 0 unspecified atom stereocenters. The van der Waals surface area contributed by atoms with Gasteiger partial charge in [-0.2, -0.15) is 5.10 Å². The van der Waals surface area contributed by atoms with E-state index in [9.17, 15) is 9.18 Å². The summed E-state index contributed by atoms with van der Waals surface area (Å²) in [4.78, 5) is 12.5. The molecule has 1 heterocycles. The van der Waals surface area contributed by atoms with Gasteiger partial charge in [-0.15, -0.1) is 0 Å². The van der Waals surface area contributed by atoms with Crippen molar-refractivity contribution in [2.24, 2.45) is 5.92 Å². The van der Waals surface area contributed by atoms with Gasteiger partial charge < -0.3 is 5.32 Å². The first kappa shape index (κ1) is 18.6. The summed E-state index contributed by atoms with van der Waals surface area (Å²) in [5.41, 5.74) is 1.47. The molecule has 0 radical (unpaired) electrons. The number of carbonyl (C=O) groups excluding carboxylic acids is 1. The van der Waals surface area contributed by atoms with Crippen molar-refractivity contribution in [3.63, 3.8) is 0 Å². The van der Waals surface area contributed by atoms with Crippen LogP contribution in [0, 0.1) is 11.7 Å². The molecule has 5 heteroatoms. The lowest BCUT2D eigenvalue weighted by Gasteiger charge is -2.14. The second-order valence-corrected chi connectivity index (χ2v) is 8.29. The monoisotopic (exact) mass is 357 g/mol. The van der Waals surface area contributed by atoms with Crippen LogP contribution in [0.25, 0.3) is 5.69 Å². The Labute approximate surface area is 154 Å². The Morgan fingerprint density at radius 3 is 2.50 bits per heavy atom. The molecule has 1 fully saturated rings. The number of nitrogens with zero attached hydrogens (tertiary/aromatic N) is 2. The van der Waals surface area contributed by atoms with E-state index in [1.54, 1.807) is 16.8 Å². The average Bonchev–Trinajstić information content (AvgIpc) is 3.23. The zero-order chi connectivity index (χ0) is 18.7. The standard InChI is InChI=1S/C21H28FN3O/c1-21(2,3)18-14-19(23-20(26)13-8-15-6-4-5-7-15)25(24-18)17-11-9-16(22)10-12-17/h9-12,14-15H,4-8,13H2,1-3H3,(H,23,26). The first-order valence-electron chi connectivity index (χ1n) is 9.49. The number of anilines is 1. The molecule has 0 bridgehead atoms. The first-order chi connectivity index (χ1) is 12.3. The number of hydrogen-bond donors (Lipinski definition) is 1. The second kappa shape index (κ2) is 7.60. The molecule has 140 valence electrons. The van der Waals surface area contributed by atoms with Crippen molar-refractivity contribution in [1.29, 1.82) is 0 Å². The minimum Gasteiger partial charge on any atom is -0.311 e. The van der Waals surface area contributed by atoms with Crippen molar-refractivity contribution >= 4 is 11.7 Å². The van der Waals surface area contributed by atoms with Crippen LogP contribution < -0.4 is 5.32 Å². The van der Waals surface area contributed by atoms with Crippen LogP contribution in [-0.4, -0.2) is 15.7 Å². The normalized spacial score (nSPS) is 15.4. The van der Waals surface area contributed by atoms with Gasteiger partial charge in [0.25, 0.3) is 0 Å². The summed E-state index contributed by atoms with van der Waals surface area (Å²) < 4.78 is 14.9. The van der Waals surface area contributed by atoms with Crippen molar-refractivity contribution in [1.82, 2.24) is 9.78 Å². The van der Waals surface area contributed by atoms with Crippen molar-refractivity contribution < 1.29 is 9.18 Å². The van der Waals surface area contributed by atoms with Gasteiger partial charge in [-0.25, -0.2) is 9.07 Å². The average molecular weight is 357 g/mol. The third-order valence-corrected chi connectivity index (χ3v) is 5.07. The summed E-state index contributed by atoms with van der Waals surface area (Å²) in [6.45, 7) is 6.24. The maximum absolute atomic E-state index is 13.3. The van der Waals surface area contributed by atoms with Crippen LogP contribution in [-0.2, 0) is 10.2 Å². The van der Waals surface area contributed by atoms with E-state index in [1.165, 1.54) is 37.8 Å². The van der Waals surface area contributed by atoms with Gasteiger partial charge in [0, 0.05) is 17.9 Å². The van der Waals surface area contributed by atoms with Crippen molar-refractivity contribution in [3.8, 4) is 5.69 Å². The molecule has 1 aliphatic rings. The highest BCUT2D eigenvalue weighted by molar-refractivity contribution is 5.90. The summed E-state index contributed by atoms with van der Waals surface area (Å²) in [5.74, 6) is 1.05. The molecule has 2 aromatic rings. The van der Waals surface area contributed by atoms with E-state index < -0.39 is 0 Å². The number of carbonyl (C=O) groups is 1. The lowest BCUT2D eigenvalue weighted by Crippen LogP contribution is -2.15. The minimum absolute atomic E-state index is 0.0145. The van der Waals surface area contributed by atoms with Gasteiger partial charge in [-0.3, -0.25) is 4.79 Å². The molecule has 3 rings (SSSR count). The number of rotatable bonds is 5. The molecule has 1 aromatic carbocycles. The molecule has 4 nitrogen and oxygen atoms in total. The Balaban J connectivity index is 1.78. The molecular weight excluding hydrogens is 329 g/mol. The summed E-state index contributed by atoms with van der Waals surface area (Å²) in [6.07, 6.45) is 6.55. The number of hydrogen-bond acceptors (Lipinski definition) is 2. The molecule has 1 aliphatic carbocycles. The van der Waals surface area contributed by atoms with Crippen molar-refractivity contribution in [2.45, 2.75) is 64.7 Å². The highest BCUT2D eigenvalue weighted by Gasteiger charge is 2.22. The van der Waals surface area contributed by atoms with Crippen LogP contribution in [0.4, 0.5) is 10.2 Å². The largest absolute Gasteiger partial charge is 0.311 e. The number of amides is 1. The van der Waals surface area contributed by atoms with E-state index in [1.807, 2.05) is 6.07 Å². The van der Waals surface area contributed by atoms with Crippen LogP contribution in [0.1, 0.15) is 65.0 Å². The minimum atomic E-state index is -0.292. The van der Waals surface area contributed by atoms with Crippen LogP contribution >= 0.6 is 0 Å². The van der Waals surface area contributed by atoms with Crippen molar-refractivity contribution in [3.05, 3.63) is 41.8 Å². The van der Waals surface area contributed by atoms with E-state index in [-0.39, 0.29) is 17.1 Å². The summed E-state index contributed by atoms with van der Waals surface area (Å²) in [5, 5.41) is 7.66. The van der Waals surface area contributed by atoms with Gasteiger partial charge in [-0.05, 0) is 36.6 Å². The molecular formula is C21H28FN3O. The second-order valence-electron chi connectivity index (χ2n) is 8.29. The molecule has 1 aromatic heterocycles. The molecule has 0 atom stereocenters. The fourth-order valence-corrected chi connectivity index (χ4v) is 3.46. The summed E-state index contributed by atoms with van der Waals surface area (Å²) in [7, 11) is 0. The van der Waals surface area contributed by atoms with Gasteiger partial charge in [0.2, 0.25) is 5.91 Å². The Morgan fingerprint density at radius 2 is 1.88 bits per heavy atom. The zero-order valence-corrected chi connectivity index (χ0v) is 15.9. The topological polar surface area (TPSA) is 46.9 Å². The molecule has 0 aliphatic heterocycles. The Bertz CT molecular complexity index is 753. The summed E-state index contributed by atoms with van der Waals surface area (Å²) >= 11 is 0. The zero-order valence-electron chi connectivity index (χ0n) is 15.9. The van der Waals surface area contributed by atoms with Gasteiger partial charge in [0.15, 0.2) is 0 Å². The van der Waals surface area contributed by atoms with E-state index in [2.05, 4.69) is 31.2 Å². The number of benzene rings is 1. The molecule has 0 spiro atoms. The lowest BCUT2D eigenvalue weighted by molar-refractivity contribution is -0.116. The fraction of sp³-hybridized carbons (Fsp3) is 0.524. The SMILES string of the molecule is CC(C)(C)c1cc(NC(=O)CCC2CCCC2)n(-c2ccc(F)cc2)n1. The van der Waals surface area contributed by atoms with Gasteiger partial charge in [0.1, 0.15) is 11.6 Å². The third kappa shape index (κ3) is 4.51. The van der Waals surface area contributed by atoms with E-state index >= 15 is 0 Å². The van der Waals surface area contributed by atoms with Crippen molar-refractivity contribution in [2.75, 3.05) is 5.32 Å². The Kier molecular flexibility index (Phi) is 5.44. The van der Waals surface area contributed by atoms with E-state index in [0.717, 1.165) is 17.8 Å². The lowest BCUT2D eigenvalue weighted by atomic mass is 9.92. The molecule has 26 heavy (non-hydrogen) atoms. The predicted molar refractivity (Wildman–Crippen MR) is 102 cm³/mol. The highest BCUT2D eigenvalue weighted by Crippen LogP contribution is 2.29. The number of nitrogens with one attached hydrogen (secondary N) is 1. The number of halogens is 1. The highest BCUT2D eigenvalue weighted by atomic mass is 19.1. The molecule has 1 amide bonds. The van der Waals surface area contributed by atoms with Crippen LogP contribution in [0.3, 0.4) is 0 Å². The Morgan fingerprint density at radius 1 is 1.23 bits per heavy atom. The van der Waals surface area contributed by atoms with E-state index in [0.29, 0.717) is 18.2 Å². The van der Waals surface area contributed by atoms with E-state index in [4.69, 9.17) is 0 Å². The predicted octanol–water partition coefficient (Wildman–Crippen LogP) is 5.22. The van der Waals surface area contributed by atoms with Crippen LogP contribution in [0.15, 0.2) is 30.3 Å². The van der Waals surface area contributed by atoms with Gasteiger partial charge in [-0.1, -0.05) is 46.5 Å². The summed E-state index contributed by atoms with van der Waals surface area (Å²) in [6, 6.07) is 8.06. The van der Waals surface area contributed by atoms with Gasteiger partial charge >= 0.3 is 0 Å². The maximum atomic E-state index is 13.3. The smallest absolute Gasteiger partial charge is 0.225 e. The third-order valence-electron chi connectivity index (χ3n) is 5.07. The first-order valence-corrected chi connectivity index (χ1v) is 9.49. The van der Waals surface area contributed by atoms with Crippen LogP contribution in [0.2, 0.25) is 0 Å². The van der Waals surface area contributed by atoms with Gasteiger partial charge in [0.05, 0.1) is 11.4 Å². The fourth-order valence-electron chi connectivity index (χ4n) is 3.46. The Hall–Kier alpha value is -2.17. The molecule has 1 N–H and O–H groups in total. The molecule has 0 saturated heterocycles. The number of aromatic nitrogens is 2. The quantitative estimate of drug-likeness (QED) is 0.798.